The fourth-order valence-electron chi connectivity index (χ4n) is 3.68. The lowest BCUT2D eigenvalue weighted by molar-refractivity contribution is 0.0148. The van der Waals surface area contributed by atoms with Crippen molar-refractivity contribution in [2.24, 2.45) is 0 Å². The molecule has 158 valence electrons. The molecular formula is C22H22N6O3. The van der Waals surface area contributed by atoms with E-state index >= 15 is 0 Å². The molecule has 1 amide bonds. The van der Waals surface area contributed by atoms with Gasteiger partial charge in [-0.1, -0.05) is 12.1 Å². The number of hydrogen-bond donors (Lipinski definition) is 2. The maximum absolute atomic E-state index is 12.5. The van der Waals surface area contributed by atoms with Crippen molar-refractivity contribution in [3.63, 3.8) is 0 Å². The summed E-state index contributed by atoms with van der Waals surface area (Å²) in [6, 6.07) is 10.6. The molecule has 0 aromatic carbocycles. The standard InChI is InChI=1S/C22H22N6O3/c1-14-9-23-18(13-31-14)15-5-6-19-25-16(12-27(19)11-15)10-24-22(30)17-8-21(29)28-7-3-2-4-20(28)26-17/h2-8,11-12,14,18,23H,9-10,13H2,1H3,(H,24,30). The van der Waals surface area contributed by atoms with Crippen molar-refractivity contribution in [3.05, 3.63) is 82.3 Å². The highest BCUT2D eigenvalue weighted by atomic mass is 16.5. The van der Waals surface area contributed by atoms with Crippen LogP contribution >= 0.6 is 0 Å². The molecule has 5 heterocycles. The van der Waals surface area contributed by atoms with Crippen LogP contribution < -0.4 is 16.2 Å². The minimum Gasteiger partial charge on any atom is -0.375 e. The zero-order chi connectivity index (χ0) is 21.4. The van der Waals surface area contributed by atoms with E-state index in [1.54, 1.807) is 24.4 Å². The SMILES string of the molecule is CC1CNC(c2ccc3nc(CNC(=O)c4cc(=O)n5ccccc5n4)cn3c2)CO1. The predicted molar refractivity (Wildman–Crippen MR) is 114 cm³/mol. The van der Waals surface area contributed by atoms with E-state index in [1.807, 2.05) is 35.9 Å². The Bertz CT molecular complexity index is 1320. The Hall–Kier alpha value is -3.56. The number of carbonyl (C=O) groups excluding carboxylic acids is 1. The Labute approximate surface area is 177 Å². The first kappa shape index (κ1) is 19.4. The number of nitrogens with one attached hydrogen (secondary N) is 2. The van der Waals surface area contributed by atoms with Crippen molar-refractivity contribution in [2.75, 3.05) is 13.2 Å². The summed E-state index contributed by atoms with van der Waals surface area (Å²) < 4.78 is 9.07. The summed E-state index contributed by atoms with van der Waals surface area (Å²) >= 11 is 0. The van der Waals surface area contributed by atoms with Gasteiger partial charge < -0.3 is 19.8 Å². The average Bonchev–Trinajstić information content (AvgIpc) is 3.20. The predicted octanol–water partition coefficient (Wildman–Crippen LogP) is 1.32. The molecule has 4 aromatic heterocycles. The normalized spacial score (nSPS) is 19.0. The Morgan fingerprint density at radius 3 is 2.97 bits per heavy atom. The largest absolute Gasteiger partial charge is 0.375 e. The molecule has 2 atom stereocenters. The van der Waals surface area contributed by atoms with Gasteiger partial charge in [-0.05, 0) is 30.7 Å². The molecule has 1 fully saturated rings. The quantitative estimate of drug-likeness (QED) is 0.518. The van der Waals surface area contributed by atoms with Gasteiger partial charge in [0, 0.05) is 31.2 Å². The van der Waals surface area contributed by atoms with Gasteiger partial charge in [0.25, 0.3) is 11.5 Å². The van der Waals surface area contributed by atoms with Gasteiger partial charge in [0.1, 0.15) is 17.0 Å². The number of fused-ring (bicyclic) bond motifs is 2. The van der Waals surface area contributed by atoms with Crippen molar-refractivity contribution >= 4 is 17.2 Å². The molecule has 9 heteroatoms. The van der Waals surface area contributed by atoms with E-state index in [0.29, 0.717) is 17.9 Å². The lowest BCUT2D eigenvalue weighted by Gasteiger charge is -2.28. The van der Waals surface area contributed by atoms with E-state index in [2.05, 4.69) is 20.6 Å². The number of aromatic nitrogens is 4. The Morgan fingerprint density at radius 1 is 1.23 bits per heavy atom. The van der Waals surface area contributed by atoms with Crippen LogP contribution in [0.4, 0.5) is 0 Å². The molecular weight excluding hydrogens is 396 g/mol. The molecule has 0 saturated carbocycles. The summed E-state index contributed by atoms with van der Waals surface area (Å²) in [6.45, 7) is 3.72. The molecule has 4 aromatic rings. The molecule has 2 unspecified atom stereocenters. The number of imidazole rings is 1. The second-order valence-corrected chi connectivity index (χ2v) is 7.66. The molecule has 1 aliphatic rings. The highest BCUT2D eigenvalue weighted by Gasteiger charge is 2.20. The van der Waals surface area contributed by atoms with Crippen LogP contribution in [0.1, 0.15) is 34.7 Å². The molecule has 1 aliphatic heterocycles. The lowest BCUT2D eigenvalue weighted by atomic mass is 10.1. The van der Waals surface area contributed by atoms with Gasteiger partial charge >= 0.3 is 0 Å². The van der Waals surface area contributed by atoms with E-state index in [9.17, 15) is 9.59 Å². The minimum absolute atomic E-state index is 0.0832. The van der Waals surface area contributed by atoms with Crippen LogP contribution in [-0.2, 0) is 11.3 Å². The maximum atomic E-state index is 12.5. The van der Waals surface area contributed by atoms with Gasteiger partial charge in [-0.2, -0.15) is 0 Å². The molecule has 0 bridgehead atoms. The number of carbonyl (C=O) groups is 1. The van der Waals surface area contributed by atoms with Crippen molar-refractivity contribution in [1.29, 1.82) is 0 Å². The second kappa shape index (κ2) is 7.93. The summed E-state index contributed by atoms with van der Waals surface area (Å²) in [5.41, 5.74) is 2.83. The number of ether oxygens (including phenoxy) is 1. The summed E-state index contributed by atoms with van der Waals surface area (Å²) in [7, 11) is 0. The summed E-state index contributed by atoms with van der Waals surface area (Å²) in [5, 5.41) is 6.28. The monoisotopic (exact) mass is 418 g/mol. The Morgan fingerprint density at radius 2 is 2.13 bits per heavy atom. The van der Waals surface area contributed by atoms with E-state index in [4.69, 9.17) is 4.74 Å². The molecule has 9 nitrogen and oxygen atoms in total. The van der Waals surface area contributed by atoms with Crippen LogP contribution in [0.15, 0.2) is 59.8 Å². The van der Waals surface area contributed by atoms with E-state index in [1.165, 1.54) is 10.5 Å². The fourth-order valence-corrected chi connectivity index (χ4v) is 3.68. The van der Waals surface area contributed by atoms with E-state index in [0.717, 1.165) is 17.8 Å². The zero-order valence-electron chi connectivity index (χ0n) is 17.0. The molecule has 5 rings (SSSR count). The maximum Gasteiger partial charge on any atom is 0.270 e. The third-order valence-corrected chi connectivity index (χ3v) is 5.36. The van der Waals surface area contributed by atoms with Crippen LogP contribution in [-0.4, -0.2) is 43.9 Å². The van der Waals surface area contributed by atoms with Gasteiger partial charge in [-0.25, -0.2) is 9.97 Å². The Balaban J connectivity index is 1.30. The number of amides is 1. The van der Waals surface area contributed by atoms with E-state index in [-0.39, 0.29) is 29.9 Å². The van der Waals surface area contributed by atoms with Gasteiger partial charge in [0.2, 0.25) is 0 Å². The van der Waals surface area contributed by atoms with Gasteiger partial charge in [-0.15, -0.1) is 0 Å². The first-order chi connectivity index (χ1) is 15.1. The molecule has 0 radical (unpaired) electrons. The van der Waals surface area contributed by atoms with Crippen LogP contribution in [0.5, 0.6) is 0 Å². The molecule has 0 spiro atoms. The van der Waals surface area contributed by atoms with Crippen LogP contribution in [0.2, 0.25) is 0 Å². The fraction of sp³-hybridized carbons (Fsp3) is 0.273. The molecule has 0 aliphatic carbocycles. The van der Waals surface area contributed by atoms with Crippen LogP contribution in [0.3, 0.4) is 0 Å². The first-order valence-corrected chi connectivity index (χ1v) is 10.2. The average molecular weight is 418 g/mol. The topological polar surface area (TPSA) is 102 Å². The lowest BCUT2D eigenvalue weighted by Crippen LogP contribution is -2.39. The number of hydrogen-bond acceptors (Lipinski definition) is 6. The van der Waals surface area contributed by atoms with Gasteiger partial charge in [-0.3, -0.25) is 14.0 Å². The van der Waals surface area contributed by atoms with Crippen LogP contribution in [0.25, 0.3) is 11.3 Å². The van der Waals surface area contributed by atoms with Crippen molar-refractivity contribution in [2.45, 2.75) is 25.6 Å². The second-order valence-electron chi connectivity index (χ2n) is 7.66. The van der Waals surface area contributed by atoms with Crippen molar-refractivity contribution in [3.8, 4) is 0 Å². The summed E-state index contributed by atoms with van der Waals surface area (Å²) in [6.07, 6.45) is 5.74. The molecule has 31 heavy (non-hydrogen) atoms. The highest BCUT2D eigenvalue weighted by Crippen LogP contribution is 2.19. The zero-order valence-corrected chi connectivity index (χ0v) is 17.0. The van der Waals surface area contributed by atoms with Crippen molar-refractivity contribution in [1.82, 2.24) is 29.4 Å². The first-order valence-electron chi connectivity index (χ1n) is 10.2. The Kier molecular flexibility index (Phi) is 4.97. The summed E-state index contributed by atoms with van der Waals surface area (Å²) in [4.78, 5) is 33.5. The third-order valence-electron chi connectivity index (χ3n) is 5.36. The number of pyridine rings is 2. The third kappa shape index (κ3) is 3.92. The summed E-state index contributed by atoms with van der Waals surface area (Å²) in [5.74, 6) is -0.418. The number of rotatable bonds is 4. The molecule has 1 saturated heterocycles. The minimum atomic E-state index is -0.418. The number of morpholine rings is 1. The van der Waals surface area contributed by atoms with E-state index < -0.39 is 5.91 Å². The smallest absolute Gasteiger partial charge is 0.270 e. The molecule has 2 N–H and O–H groups in total. The number of nitrogens with zero attached hydrogens (tertiary/aromatic N) is 4. The van der Waals surface area contributed by atoms with Gasteiger partial charge in [0.15, 0.2) is 0 Å². The van der Waals surface area contributed by atoms with Gasteiger partial charge in [0.05, 0.1) is 31.0 Å². The van der Waals surface area contributed by atoms with Crippen molar-refractivity contribution < 1.29 is 9.53 Å². The highest BCUT2D eigenvalue weighted by molar-refractivity contribution is 5.92. The van der Waals surface area contributed by atoms with Crippen LogP contribution in [0, 0.1) is 0 Å².